The highest BCUT2D eigenvalue weighted by molar-refractivity contribution is 5.82. The van der Waals surface area contributed by atoms with Crippen molar-refractivity contribution in [3.8, 4) is 11.3 Å². The lowest BCUT2D eigenvalue weighted by atomic mass is 10.1. The van der Waals surface area contributed by atoms with Crippen LogP contribution in [-0.2, 0) is 6.54 Å². The van der Waals surface area contributed by atoms with E-state index in [0.29, 0.717) is 22.8 Å². The van der Waals surface area contributed by atoms with Gasteiger partial charge in [0.2, 0.25) is 5.95 Å². The largest absolute Gasteiger partial charge is 0.361 e. The van der Waals surface area contributed by atoms with Crippen molar-refractivity contribution in [1.29, 1.82) is 0 Å². The Bertz CT molecular complexity index is 1240. The summed E-state index contributed by atoms with van der Waals surface area (Å²) in [5, 5.41) is 6.22. The van der Waals surface area contributed by atoms with E-state index in [0.717, 1.165) is 51.0 Å². The van der Waals surface area contributed by atoms with Gasteiger partial charge in [0.05, 0.1) is 23.7 Å². The van der Waals surface area contributed by atoms with Crippen molar-refractivity contribution in [1.82, 2.24) is 24.8 Å². The van der Waals surface area contributed by atoms with Crippen LogP contribution in [0.5, 0.6) is 0 Å². The van der Waals surface area contributed by atoms with Crippen molar-refractivity contribution < 1.29 is 8.78 Å². The van der Waals surface area contributed by atoms with Gasteiger partial charge in [0.1, 0.15) is 17.3 Å². The molecule has 0 saturated carbocycles. The third-order valence-corrected chi connectivity index (χ3v) is 7.07. The standard InChI is InChI=1S/C27H34F2N8/c1-5-35-8-10-36(11-9-35)16-19-6-7-24(30-14-19)33-27-31-15-22(29)25(34-27)20-12-21(28)26-23(13-20)37(17(2)3)18(4)32-26/h6-7,12-15,17-18,32H,5,8-11,16H2,1-4H3,(H,30,31,33,34). The first-order valence-electron chi connectivity index (χ1n) is 12.9. The SMILES string of the molecule is CCN1CCN(Cc2ccc(Nc3ncc(F)c(-c4cc(F)c5c(c4)N(C(C)C)C(C)N5)n3)nc2)CC1. The Morgan fingerprint density at radius 3 is 2.46 bits per heavy atom. The first-order valence-corrected chi connectivity index (χ1v) is 12.9. The summed E-state index contributed by atoms with van der Waals surface area (Å²) in [6.07, 6.45) is 2.87. The number of piperazine rings is 1. The van der Waals surface area contributed by atoms with E-state index in [9.17, 15) is 8.78 Å². The average Bonchev–Trinajstić information content (AvgIpc) is 3.23. The van der Waals surface area contributed by atoms with Crippen LogP contribution in [0, 0.1) is 11.6 Å². The van der Waals surface area contributed by atoms with Crippen LogP contribution in [0.4, 0.5) is 31.9 Å². The van der Waals surface area contributed by atoms with Gasteiger partial charge in [-0.15, -0.1) is 0 Å². The molecule has 0 bridgehead atoms. The van der Waals surface area contributed by atoms with E-state index in [-0.39, 0.29) is 23.8 Å². The predicted molar refractivity (Wildman–Crippen MR) is 143 cm³/mol. The number of fused-ring (bicyclic) bond motifs is 1. The molecule has 1 atom stereocenters. The number of nitrogens with one attached hydrogen (secondary N) is 2. The van der Waals surface area contributed by atoms with Crippen molar-refractivity contribution in [3.63, 3.8) is 0 Å². The molecule has 37 heavy (non-hydrogen) atoms. The summed E-state index contributed by atoms with van der Waals surface area (Å²) in [7, 11) is 0. The van der Waals surface area contributed by atoms with Gasteiger partial charge in [-0.25, -0.2) is 23.7 Å². The van der Waals surface area contributed by atoms with Gasteiger partial charge in [0.25, 0.3) is 0 Å². The van der Waals surface area contributed by atoms with E-state index >= 15 is 0 Å². The Hall–Kier alpha value is -3.37. The molecule has 5 rings (SSSR count). The number of hydrogen-bond donors (Lipinski definition) is 2. The maximum absolute atomic E-state index is 15.0. The lowest BCUT2D eigenvalue weighted by Gasteiger charge is -2.33. The van der Waals surface area contributed by atoms with E-state index < -0.39 is 11.6 Å². The lowest BCUT2D eigenvalue weighted by molar-refractivity contribution is 0.132. The van der Waals surface area contributed by atoms with E-state index in [1.54, 1.807) is 6.07 Å². The maximum Gasteiger partial charge on any atom is 0.229 e. The third-order valence-electron chi connectivity index (χ3n) is 7.07. The molecule has 1 unspecified atom stereocenters. The van der Waals surface area contributed by atoms with Gasteiger partial charge in [-0.05, 0) is 51.1 Å². The number of benzene rings is 1. The third kappa shape index (κ3) is 5.35. The van der Waals surface area contributed by atoms with Crippen LogP contribution >= 0.6 is 0 Å². The average molecular weight is 509 g/mol. The number of halogens is 2. The van der Waals surface area contributed by atoms with Crippen molar-refractivity contribution in [2.45, 2.75) is 46.4 Å². The fourth-order valence-corrected chi connectivity index (χ4v) is 5.15. The Balaban J connectivity index is 1.32. The molecule has 0 amide bonds. The number of aromatic nitrogens is 3. The minimum Gasteiger partial charge on any atom is -0.361 e. The summed E-state index contributed by atoms with van der Waals surface area (Å²) >= 11 is 0. The van der Waals surface area contributed by atoms with Crippen LogP contribution in [0.25, 0.3) is 11.3 Å². The van der Waals surface area contributed by atoms with Crippen LogP contribution in [0.15, 0.2) is 36.7 Å². The van der Waals surface area contributed by atoms with Gasteiger partial charge in [-0.1, -0.05) is 13.0 Å². The van der Waals surface area contributed by atoms with E-state index in [1.807, 2.05) is 39.1 Å². The number of pyridine rings is 1. The highest BCUT2D eigenvalue weighted by Gasteiger charge is 2.31. The van der Waals surface area contributed by atoms with Crippen LogP contribution < -0.4 is 15.5 Å². The minimum atomic E-state index is -0.619. The topological polar surface area (TPSA) is 72.5 Å². The molecule has 10 heteroatoms. The summed E-state index contributed by atoms with van der Waals surface area (Å²) < 4.78 is 29.8. The Morgan fingerprint density at radius 1 is 1.03 bits per heavy atom. The normalized spacial score (nSPS) is 18.2. The fourth-order valence-electron chi connectivity index (χ4n) is 5.15. The molecule has 1 aromatic carbocycles. The minimum absolute atomic E-state index is 0.0327. The zero-order chi connectivity index (χ0) is 26.1. The van der Waals surface area contributed by atoms with Gasteiger partial charge in [-0.3, -0.25) is 4.90 Å². The molecule has 0 radical (unpaired) electrons. The molecule has 196 valence electrons. The fraction of sp³-hybridized carbons (Fsp3) is 0.444. The lowest BCUT2D eigenvalue weighted by Crippen LogP contribution is -2.45. The molecule has 1 saturated heterocycles. The van der Waals surface area contributed by atoms with E-state index in [1.165, 1.54) is 6.07 Å². The first kappa shape index (κ1) is 25.3. The summed E-state index contributed by atoms with van der Waals surface area (Å²) in [5.41, 5.74) is 2.63. The number of anilines is 4. The van der Waals surface area contributed by atoms with Gasteiger partial charge >= 0.3 is 0 Å². The molecular formula is C27H34F2N8. The van der Waals surface area contributed by atoms with Crippen molar-refractivity contribution >= 4 is 23.1 Å². The van der Waals surface area contributed by atoms with Gasteiger partial charge < -0.3 is 20.4 Å². The zero-order valence-electron chi connectivity index (χ0n) is 21.8. The number of nitrogens with zero attached hydrogens (tertiary/aromatic N) is 6. The Labute approximate surface area is 216 Å². The molecule has 0 spiro atoms. The second kappa shape index (κ2) is 10.5. The summed E-state index contributed by atoms with van der Waals surface area (Å²) in [4.78, 5) is 19.9. The number of rotatable bonds is 7. The molecule has 8 nitrogen and oxygen atoms in total. The monoisotopic (exact) mass is 508 g/mol. The van der Waals surface area contributed by atoms with Gasteiger partial charge in [-0.2, -0.15) is 0 Å². The number of hydrogen-bond acceptors (Lipinski definition) is 8. The second-order valence-corrected chi connectivity index (χ2v) is 9.95. The Kier molecular flexibility index (Phi) is 7.21. The van der Waals surface area contributed by atoms with Gasteiger partial charge in [0, 0.05) is 50.5 Å². The molecule has 3 aromatic rings. The summed E-state index contributed by atoms with van der Waals surface area (Å²) in [5.74, 6) is -0.309. The highest BCUT2D eigenvalue weighted by Crippen LogP contribution is 2.41. The highest BCUT2D eigenvalue weighted by atomic mass is 19.1. The van der Waals surface area contributed by atoms with Crippen LogP contribution in [0.1, 0.15) is 33.3 Å². The van der Waals surface area contributed by atoms with Gasteiger partial charge in [0.15, 0.2) is 5.82 Å². The summed E-state index contributed by atoms with van der Waals surface area (Å²) in [6, 6.07) is 7.12. The van der Waals surface area contributed by atoms with Crippen molar-refractivity contribution in [3.05, 3.63) is 53.9 Å². The van der Waals surface area contributed by atoms with E-state index in [4.69, 9.17) is 0 Å². The Morgan fingerprint density at radius 2 is 1.78 bits per heavy atom. The van der Waals surface area contributed by atoms with Crippen molar-refractivity contribution in [2.75, 3.05) is 48.3 Å². The second-order valence-electron chi connectivity index (χ2n) is 9.95. The molecule has 2 aliphatic heterocycles. The van der Waals surface area contributed by atoms with Crippen LogP contribution in [-0.4, -0.2) is 69.7 Å². The molecule has 4 heterocycles. The maximum atomic E-state index is 15.0. The van der Waals surface area contributed by atoms with E-state index in [2.05, 4.69) is 47.2 Å². The molecule has 2 aliphatic rings. The van der Waals surface area contributed by atoms with Crippen LogP contribution in [0.3, 0.4) is 0 Å². The molecule has 2 aromatic heterocycles. The first-order chi connectivity index (χ1) is 17.8. The summed E-state index contributed by atoms with van der Waals surface area (Å²) in [6.45, 7) is 14.5. The molecule has 1 fully saturated rings. The molecular weight excluding hydrogens is 474 g/mol. The van der Waals surface area contributed by atoms with Crippen LogP contribution in [0.2, 0.25) is 0 Å². The molecule has 2 N–H and O–H groups in total. The zero-order valence-corrected chi connectivity index (χ0v) is 21.8. The predicted octanol–water partition coefficient (Wildman–Crippen LogP) is 4.68. The quantitative estimate of drug-likeness (QED) is 0.477. The van der Waals surface area contributed by atoms with Crippen molar-refractivity contribution in [2.24, 2.45) is 0 Å². The molecule has 0 aliphatic carbocycles. The smallest absolute Gasteiger partial charge is 0.229 e. The number of likely N-dealkylation sites (N-methyl/N-ethyl adjacent to an activating group) is 1.